The van der Waals surface area contributed by atoms with Crippen LogP contribution in [0.2, 0.25) is 0 Å². The van der Waals surface area contributed by atoms with Crippen LogP contribution in [0, 0.1) is 23.7 Å². The minimum absolute atomic E-state index is 0.104. The first-order chi connectivity index (χ1) is 26.6. The Kier molecular flexibility index (Phi) is 6.96. The monoisotopic (exact) mass is 766 g/mol. The van der Waals surface area contributed by atoms with E-state index in [0.717, 1.165) is 13.1 Å². The second kappa shape index (κ2) is 11.4. The number of hydrogen-bond donors (Lipinski definition) is 2. The van der Waals surface area contributed by atoms with Gasteiger partial charge < -0.3 is 19.3 Å². The lowest BCUT2D eigenvalue weighted by Gasteiger charge is -2.58. The summed E-state index contributed by atoms with van der Waals surface area (Å²) in [5.41, 5.74) is 8.71. The maximum Gasteiger partial charge on any atom is 0.394 e. The lowest BCUT2D eigenvalue weighted by atomic mass is 9.53. The minimum atomic E-state index is -4.67. The van der Waals surface area contributed by atoms with E-state index in [1.165, 1.54) is 61.3 Å². The molecular weight excluding hydrogens is 721 g/mol. The Morgan fingerprint density at radius 2 is 1.07 bits per heavy atom. The van der Waals surface area contributed by atoms with E-state index in [2.05, 4.69) is 80.3 Å². The fourth-order valence-corrected chi connectivity index (χ4v) is 15.0. The summed E-state index contributed by atoms with van der Waals surface area (Å²) in [4.78, 5) is 36.2. The van der Waals surface area contributed by atoms with Crippen molar-refractivity contribution >= 4 is 33.6 Å². The summed E-state index contributed by atoms with van der Waals surface area (Å²) in [5, 5.41) is 0. The van der Waals surface area contributed by atoms with E-state index < -0.39 is 10.4 Å². The Bertz CT molecular complexity index is 2080. The van der Waals surface area contributed by atoms with Crippen LogP contribution in [0.3, 0.4) is 0 Å². The first-order valence-electron chi connectivity index (χ1n) is 20.2. The Hall–Kier alpha value is -3.43. The second-order valence-electron chi connectivity index (χ2n) is 18.0. The number of benzene rings is 2. The van der Waals surface area contributed by atoms with Gasteiger partial charge >= 0.3 is 10.4 Å². The fraction of sp³-hybridized carbons (Fsp3) is 0.571. The molecule has 8 fully saturated rings. The highest BCUT2D eigenvalue weighted by Gasteiger charge is 2.72. The summed E-state index contributed by atoms with van der Waals surface area (Å²) in [6, 6.07) is 19.3. The van der Waals surface area contributed by atoms with Gasteiger partial charge in [-0.05, 0) is 73.9 Å². The predicted octanol–water partition coefficient (Wildman–Crippen LogP) is 3.53. The largest absolute Gasteiger partial charge is 0.394 e. The number of anilines is 2. The number of nitrogens with zero attached hydrogens (tertiary/aromatic N) is 4. The smallest absolute Gasteiger partial charge is 0.373 e. The highest BCUT2D eigenvalue weighted by atomic mass is 32.3. The van der Waals surface area contributed by atoms with Crippen LogP contribution in [-0.2, 0) is 40.3 Å². The molecule has 0 aromatic heterocycles. The van der Waals surface area contributed by atoms with Crippen LogP contribution in [0.5, 0.6) is 0 Å². The molecule has 12 aliphatic rings. The average molecular weight is 767 g/mol. The fourth-order valence-electron chi connectivity index (χ4n) is 15.0. The number of carbonyl (C=O) groups excluding carboxylic acids is 2. The van der Waals surface area contributed by atoms with Crippen molar-refractivity contribution in [1.82, 2.24) is 9.80 Å². The van der Waals surface area contributed by atoms with Crippen molar-refractivity contribution in [1.29, 1.82) is 0 Å². The molecule has 2 aliphatic carbocycles. The standard InChI is InChI=1S/2C21H22N2O2.H2O4S/c2*24-18-10-16-19-13-9-17-21(6-7-22(17)11-12(13)5-8-25-16)14-3-1-2-4-15(14)23(18)20(19)21;1-5(2,3)4/h2*1-5,13,16-17,19-20H,6-11H2;(H2,1,2,3,4)/t2*13-,16?,17-,19-,20?,21+;/m00./s1. The van der Waals surface area contributed by atoms with Gasteiger partial charge in [0.15, 0.2) is 0 Å². The van der Waals surface area contributed by atoms with Crippen molar-refractivity contribution in [2.24, 2.45) is 23.7 Å². The van der Waals surface area contributed by atoms with Crippen LogP contribution in [0.4, 0.5) is 11.4 Å². The maximum atomic E-state index is 13.2. The molecule has 2 spiro atoms. The Balaban J connectivity index is 0.000000109. The van der Waals surface area contributed by atoms with Gasteiger partial charge in [0, 0.05) is 59.2 Å². The van der Waals surface area contributed by atoms with Crippen molar-refractivity contribution in [3.8, 4) is 0 Å². The molecule has 13 heteroatoms. The molecule has 2 aromatic rings. The highest BCUT2D eigenvalue weighted by Crippen LogP contribution is 2.67. The number of fused-ring (bicyclic) bond motifs is 4. The van der Waals surface area contributed by atoms with E-state index in [1.807, 2.05) is 0 Å². The van der Waals surface area contributed by atoms with Crippen LogP contribution < -0.4 is 9.80 Å². The van der Waals surface area contributed by atoms with Gasteiger partial charge in [0.1, 0.15) is 0 Å². The highest BCUT2D eigenvalue weighted by molar-refractivity contribution is 7.79. The van der Waals surface area contributed by atoms with E-state index >= 15 is 0 Å². The van der Waals surface area contributed by atoms with Crippen LogP contribution in [0.15, 0.2) is 71.8 Å². The zero-order valence-corrected chi connectivity index (χ0v) is 31.4. The quantitative estimate of drug-likeness (QED) is 0.303. The van der Waals surface area contributed by atoms with Crippen LogP contribution in [0.1, 0.15) is 49.7 Å². The molecule has 6 saturated heterocycles. The third-order valence-electron chi connectivity index (χ3n) is 16.4. The lowest BCUT2D eigenvalue weighted by Crippen LogP contribution is -2.69. The topological polar surface area (TPSA) is 140 Å². The molecule has 14 rings (SSSR count). The molecule has 2 N–H and O–H groups in total. The van der Waals surface area contributed by atoms with Crippen molar-refractivity contribution in [3.63, 3.8) is 0 Å². The average Bonchev–Trinajstić information content (AvgIpc) is 3.84. The van der Waals surface area contributed by atoms with E-state index in [1.54, 1.807) is 11.1 Å². The van der Waals surface area contributed by atoms with Crippen molar-refractivity contribution in [2.75, 3.05) is 49.2 Å². The van der Waals surface area contributed by atoms with Crippen LogP contribution in [-0.4, -0.2) is 115 Å². The Morgan fingerprint density at radius 1 is 0.655 bits per heavy atom. The van der Waals surface area contributed by atoms with Crippen LogP contribution in [0.25, 0.3) is 0 Å². The SMILES string of the molecule is O=C1CC2OCC=C3CN4CC[C@]56c7ccccc7N1C5[C@H]2[C@H]3C[C@H]46.O=C1CC2OCC=C3CN4CC[C@]56c7ccccc7N1C5[C@H]2[C@H]3C[C@H]46.O=S(=O)(O)O. The van der Waals surface area contributed by atoms with Gasteiger partial charge in [0.2, 0.25) is 11.8 Å². The van der Waals surface area contributed by atoms with Gasteiger partial charge in [-0.2, -0.15) is 8.42 Å². The first kappa shape index (κ1) is 33.7. The molecular formula is C42H46N4O8S. The molecule has 288 valence electrons. The van der Waals surface area contributed by atoms with Crippen molar-refractivity contribution in [2.45, 2.75) is 85.7 Å². The number of carbonyl (C=O) groups is 2. The van der Waals surface area contributed by atoms with Gasteiger partial charge in [-0.3, -0.25) is 28.5 Å². The molecule has 2 amide bonds. The van der Waals surface area contributed by atoms with Gasteiger partial charge in [-0.15, -0.1) is 0 Å². The Morgan fingerprint density at radius 3 is 1.51 bits per heavy atom. The van der Waals surface area contributed by atoms with Crippen LogP contribution >= 0.6 is 0 Å². The summed E-state index contributed by atoms with van der Waals surface area (Å²) in [7, 11) is -4.67. The number of para-hydroxylation sites is 2. The summed E-state index contributed by atoms with van der Waals surface area (Å²) in [6.45, 7) is 5.94. The van der Waals surface area contributed by atoms with Gasteiger partial charge in [0.25, 0.3) is 0 Å². The number of hydrogen-bond acceptors (Lipinski definition) is 8. The zero-order chi connectivity index (χ0) is 37.2. The summed E-state index contributed by atoms with van der Waals surface area (Å²) in [6.07, 6.45) is 10.9. The molecule has 0 radical (unpaired) electrons. The number of amides is 2. The molecule has 12 atom stereocenters. The molecule has 4 bridgehead atoms. The first-order valence-corrected chi connectivity index (χ1v) is 21.6. The van der Waals surface area contributed by atoms with E-state index in [9.17, 15) is 9.59 Å². The predicted molar refractivity (Wildman–Crippen MR) is 201 cm³/mol. The van der Waals surface area contributed by atoms with E-state index in [0.29, 0.717) is 73.9 Å². The maximum absolute atomic E-state index is 13.2. The second-order valence-corrected chi connectivity index (χ2v) is 18.9. The van der Waals surface area contributed by atoms with Gasteiger partial charge in [0.05, 0.1) is 50.3 Å². The number of rotatable bonds is 0. The minimum Gasteiger partial charge on any atom is -0.373 e. The Labute approximate surface area is 320 Å². The molecule has 55 heavy (non-hydrogen) atoms. The normalized spacial score (nSPS) is 42.8. The molecule has 2 saturated carbocycles. The van der Waals surface area contributed by atoms with E-state index in [-0.39, 0.29) is 34.9 Å². The summed E-state index contributed by atoms with van der Waals surface area (Å²) in [5.74, 6) is 2.70. The summed E-state index contributed by atoms with van der Waals surface area (Å²) >= 11 is 0. The third kappa shape index (κ3) is 4.30. The van der Waals surface area contributed by atoms with Gasteiger partial charge in [-0.1, -0.05) is 59.7 Å². The summed E-state index contributed by atoms with van der Waals surface area (Å²) < 4.78 is 44.1. The zero-order valence-electron chi connectivity index (χ0n) is 30.6. The molecule has 4 unspecified atom stereocenters. The number of ether oxygens (including phenoxy) is 2. The van der Waals surface area contributed by atoms with Gasteiger partial charge in [-0.25, -0.2) is 0 Å². The lowest BCUT2D eigenvalue weighted by molar-refractivity contribution is -0.133. The van der Waals surface area contributed by atoms with Crippen molar-refractivity contribution < 1.29 is 36.6 Å². The molecule has 10 aliphatic heterocycles. The number of piperidine rings is 4. The molecule has 2 aromatic carbocycles. The van der Waals surface area contributed by atoms with Crippen molar-refractivity contribution in [3.05, 3.63) is 83.0 Å². The molecule has 10 heterocycles. The van der Waals surface area contributed by atoms with E-state index in [4.69, 9.17) is 27.0 Å². The molecule has 12 nitrogen and oxygen atoms in total. The third-order valence-corrected chi connectivity index (χ3v) is 16.4.